The minimum Gasteiger partial charge on any atom is -0.296 e. The normalized spacial score (nSPS) is 41.9. The van der Waals surface area contributed by atoms with Gasteiger partial charge in [0.25, 0.3) is 0 Å². The summed E-state index contributed by atoms with van der Waals surface area (Å²) in [5, 5.41) is 2.44. The van der Waals surface area contributed by atoms with Gasteiger partial charge in [-0.05, 0) is 17.8 Å². The second-order valence-electron chi connectivity index (χ2n) is 4.79. The van der Waals surface area contributed by atoms with E-state index in [0.717, 1.165) is 6.42 Å². The molecule has 0 radical (unpaired) electrons. The molecule has 2 aliphatic rings. The first-order valence-electron chi connectivity index (χ1n) is 4.77. The summed E-state index contributed by atoms with van der Waals surface area (Å²) in [6.45, 7) is 6.30. The van der Waals surface area contributed by atoms with Crippen LogP contribution in [0.1, 0.15) is 33.6 Å². The smallest absolute Gasteiger partial charge is 0.233 e. The Hall–Kier alpha value is -0.860. The summed E-state index contributed by atoms with van der Waals surface area (Å²) < 4.78 is 0. The second-order valence-corrected chi connectivity index (χ2v) is 4.79. The molecule has 2 amide bonds. The molecule has 1 saturated heterocycles. The average Bonchev–Trinajstić information content (AvgIpc) is 2.44. The zero-order valence-corrected chi connectivity index (χ0v) is 8.31. The fourth-order valence-electron chi connectivity index (χ4n) is 2.88. The molecule has 2 atom stereocenters. The predicted octanol–water partition coefficient (Wildman–Crippen LogP) is 1.09. The van der Waals surface area contributed by atoms with Crippen LogP contribution in [0.15, 0.2) is 0 Å². The Morgan fingerprint density at radius 3 is 2.31 bits per heavy atom. The quantitative estimate of drug-likeness (QED) is 0.568. The van der Waals surface area contributed by atoms with Gasteiger partial charge in [0.15, 0.2) is 0 Å². The Morgan fingerprint density at radius 1 is 1.38 bits per heavy atom. The summed E-state index contributed by atoms with van der Waals surface area (Å²) in [4.78, 5) is 22.7. The number of piperidine rings is 1. The average molecular weight is 181 g/mol. The Morgan fingerprint density at radius 2 is 1.92 bits per heavy atom. The minimum atomic E-state index is -0.249. The van der Waals surface area contributed by atoms with Gasteiger partial charge in [-0.3, -0.25) is 14.9 Å². The van der Waals surface area contributed by atoms with Crippen molar-refractivity contribution < 1.29 is 9.59 Å². The molecule has 1 aliphatic heterocycles. The van der Waals surface area contributed by atoms with Crippen molar-refractivity contribution in [1.29, 1.82) is 0 Å². The van der Waals surface area contributed by atoms with Crippen LogP contribution in [0, 0.1) is 16.7 Å². The molecule has 1 spiro atoms. The summed E-state index contributed by atoms with van der Waals surface area (Å²) >= 11 is 0. The van der Waals surface area contributed by atoms with Crippen molar-refractivity contribution >= 4 is 11.8 Å². The van der Waals surface area contributed by atoms with E-state index in [0.29, 0.717) is 12.3 Å². The van der Waals surface area contributed by atoms with Crippen LogP contribution < -0.4 is 5.32 Å². The highest BCUT2D eigenvalue weighted by Gasteiger charge is 2.73. The summed E-state index contributed by atoms with van der Waals surface area (Å²) in [7, 11) is 0. The van der Waals surface area contributed by atoms with Crippen LogP contribution >= 0.6 is 0 Å². The fourth-order valence-corrected chi connectivity index (χ4v) is 2.88. The Kier molecular flexibility index (Phi) is 1.44. The van der Waals surface area contributed by atoms with E-state index in [1.807, 2.05) is 0 Å². The third-order valence-corrected chi connectivity index (χ3v) is 4.29. The molecule has 0 bridgehead atoms. The Balaban J connectivity index is 2.28. The van der Waals surface area contributed by atoms with Crippen molar-refractivity contribution in [1.82, 2.24) is 5.32 Å². The molecule has 2 fully saturated rings. The van der Waals surface area contributed by atoms with Crippen LogP contribution in [0.5, 0.6) is 0 Å². The van der Waals surface area contributed by atoms with Gasteiger partial charge in [-0.15, -0.1) is 0 Å². The van der Waals surface area contributed by atoms with Crippen LogP contribution in [0.3, 0.4) is 0 Å². The number of carbonyl (C=O) groups is 2. The van der Waals surface area contributed by atoms with E-state index in [1.54, 1.807) is 0 Å². The summed E-state index contributed by atoms with van der Waals surface area (Å²) in [5.74, 6) is 0.222. The van der Waals surface area contributed by atoms with Gasteiger partial charge in [0.2, 0.25) is 11.8 Å². The molecule has 1 aliphatic carbocycles. The molecule has 72 valence electrons. The topological polar surface area (TPSA) is 46.2 Å². The molecule has 13 heavy (non-hydrogen) atoms. The number of imide groups is 1. The molecule has 1 heterocycles. The van der Waals surface area contributed by atoms with Crippen molar-refractivity contribution in [3.8, 4) is 0 Å². The fraction of sp³-hybridized carbons (Fsp3) is 0.800. The molecule has 3 heteroatoms. The molecular formula is C10H15NO2. The molecule has 0 aromatic rings. The first kappa shape index (κ1) is 8.73. The third-order valence-electron chi connectivity index (χ3n) is 4.29. The van der Waals surface area contributed by atoms with Crippen LogP contribution in [-0.2, 0) is 9.59 Å². The van der Waals surface area contributed by atoms with Gasteiger partial charge in [-0.25, -0.2) is 0 Å². The van der Waals surface area contributed by atoms with E-state index in [1.165, 1.54) is 0 Å². The number of hydrogen-bond acceptors (Lipinski definition) is 2. The molecule has 3 nitrogen and oxygen atoms in total. The van der Waals surface area contributed by atoms with Crippen molar-refractivity contribution in [3.63, 3.8) is 0 Å². The van der Waals surface area contributed by atoms with Gasteiger partial charge in [0.1, 0.15) is 0 Å². The molecule has 0 aromatic heterocycles. The van der Waals surface area contributed by atoms with Crippen LogP contribution in [0.4, 0.5) is 0 Å². The maximum absolute atomic E-state index is 11.7. The first-order chi connectivity index (χ1) is 5.93. The maximum Gasteiger partial charge on any atom is 0.233 e. The largest absolute Gasteiger partial charge is 0.296 e. The number of carbonyl (C=O) groups excluding carboxylic acids is 2. The number of amides is 2. The highest BCUT2D eigenvalue weighted by atomic mass is 16.2. The van der Waals surface area contributed by atoms with Gasteiger partial charge in [-0.2, -0.15) is 0 Å². The van der Waals surface area contributed by atoms with Gasteiger partial charge < -0.3 is 0 Å². The minimum absolute atomic E-state index is 0.0544. The molecule has 1 N–H and O–H groups in total. The first-order valence-corrected chi connectivity index (χ1v) is 4.77. The zero-order chi connectivity index (χ0) is 9.85. The van der Waals surface area contributed by atoms with E-state index in [9.17, 15) is 9.59 Å². The molecule has 2 rings (SSSR count). The Labute approximate surface area is 77.9 Å². The van der Waals surface area contributed by atoms with E-state index < -0.39 is 0 Å². The lowest BCUT2D eigenvalue weighted by molar-refractivity contribution is -0.138. The highest BCUT2D eigenvalue weighted by molar-refractivity contribution is 6.03. The van der Waals surface area contributed by atoms with E-state index in [2.05, 4.69) is 26.1 Å². The lowest BCUT2D eigenvalue weighted by Gasteiger charge is -2.23. The third kappa shape index (κ3) is 0.798. The monoisotopic (exact) mass is 181 g/mol. The molecular weight excluding hydrogens is 166 g/mol. The van der Waals surface area contributed by atoms with Gasteiger partial charge in [0, 0.05) is 6.42 Å². The van der Waals surface area contributed by atoms with Gasteiger partial charge in [-0.1, -0.05) is 20.8 Å². The van der Waals surface area contributed by atoms with Crippen molar-refractivity contribution in [2.24, 2.45) is 16.7 Å². The SMILES string of the molecule is CC1C(C)(C)C12CCC(=O)NC2=O. The maximum atomic E-state index is 11.7. The number of nitrogens with one attached hydrogen (secondary N) is 1. The molecule has 2 unspecified atom stereocenters. The van der Waals surface area contributed by atoms with Crippen molar-refractivity contribution in [2.75, 3.05) is 0 Å². The van der Waals surface area contributed by atoms with Crippen LogP contribution in [0.2, 0.25) is 0 Å². The Bertz CT molecular complexity index is 295. The predicted molar refractivity (Wildman–Crippen MR) is 47.8 cm³/mol. The summed E-state index contributed by atoms with van der Waals surface area (Å²) in [5.41, 5.74) is -0.182. The standard InChI is InChI=1S/C10H15NO2/c1-6-9(2,3)10(6)5-4-7(12)11-8(10)13/h6H,4-5H2,1-3H3,(H,11,12,13). The number of hydrogen-bond donors (Lipinski definition) is 1. The van der Waals surface area contributed by atoms with Crippen molar-refractivity contribution in [3.05, 3.63) is 0 Å². The van der Waals surface area contributed by atoms with E-state index >= 15 is 0 Å². The second kappa shape index (κ2) is 2.14. The van der Waals surface area contributed by atoms with Gasteiger partial charge >= 0.3 is 0 Å². The number of rotatable bonds is 0. The summed E-state index contributed by atoms with van der Waals surface area (Å²) in [6, 6.07) is 0. The lowest BCUT2D eigenvalue weighted by atomic mass is 9.87. The molecule has 0 aromatic carbocycles. The molecule has 1 saturated carbocycles. The van der Waals surface area contributed by atoms with E-state index in [-0.39, 0.29) is 22.6 Å². The summed E-state index contributed by atoms with van der Waals surface area (Å²) in [6.07, 6.45) is 1.23. The van der Waals surface area contributed by atoms with Crippen LogP contribution in [-0.4, -0.2) is 11.8 Å². The van der Waals surface area contributed by atoms with Crippen LogP contribution in [0.25, 0.3) is 0 Å². The van der Waals surface area contributed by atoms with E-state index in [4.69, 9.17) is 0 Å². The lowest BCUT2D eigenvalue weighted by Crippen LogP contribution is -2.44. The van der Waals surface area contributed by atoms with Gasteiger partial charge in [0.05, 0.1) is 5.41 Å². The highest BCUT2D eigenvalue weighted by Crippen LogP contribution is 2.71. The van der Waals surface area contributed by atoms with Crippen molar-refractivity contribution in [2.45, 2.75) is 33.6 Å². The zero-order valence-electron chi connectivity index (χ0n) is 8.31.